The van der Waals surface area contributed by atoms with Gasteiger partial charge in [-0.3, -0.25) is 4.79 Å². The molecule has 0 atom stereocenters. The van der Waals surface area contributed by atoms with Crippen LogP contribution in [0.4, 0.5) is 0 Å². The van der Waals surface area contributed by atoms with E-state index in [4.69, 9.17) is 4.42 Å². The number of hydrogen-bond acceptors (Lipinski definition) is 3. The highest BCUT2D eigenvalue weighted by molar-refractivity contribution is 7.12. The van der Waals surface area contributed by atoms with E-state index in [9.17, 15) is 4.79 Å². The number of ketones is 1. The predicted octanol–water partition coefficient (Wildman–Crippen LogP) is 3.21. The van der Waals surface area contributed by atoms with Crippen LogP contribution in [0.3, 0.4) is 0 Å². The molecule has 13 heavy (non-hydrogen) atoms. The summed E-state index contributed by atoms with van der Waals surface area (Å²) in [5, 5.41) is 1.90. The van der Waals surface area contributed by atoms with Crippen LogP contribution in [0.2, 0.25) is 0 Å². The molecule has 2 aromatic rings. The number of Topliss-reactive ketones (excluding diaryl/α,β-unsaturated/α-hetero) is 1. The van der Waals surface area contributed by atoms with Crippen LogP contribution in [0.1, 0.15) is 16.6 Å². The van der Waals surface area contributed by atoms with E-state index in [0.717, 1.165) is 16.2 Å². The maximum Gasteiger partial charge on any atom is 0.170 e. The Labute approximate surface area is 79.8 Å². The van der Waals surface area contributed by atoms with Crippen molar-refractivity contribution >= 4 is 17.1 Å². The van der Waals surface area contributed by atoms with E-state index in [-0.39, 0.29) is 5.78 Å². The molecule has 0 aliphatic carbocycles. The van der Waals surface area contributed by atoms with Crippen LogP contribution in [0.15, 0.2) is 34.3 Å². The van der Waals surface area contributed by atoms with Gasteiger partial charge in [-0.05, 0) is 30.5 Å². The fourth-order valence-corrected chi connectivity index (χ4v) is 2.01. The Hall–Kier alpha value is -1.35. The van der Waals surface area contributed by atoms with Crippen LogP contribution in [0, 0.1) is 0 Å². The Balaban J connectivity index is 2.52. The van der Waals surface area contributed by atoms with Gasteiger partial charge in [0.1, 0.15) is 5.76 Å². The van der Waals surface area contributed by atoms with Gasteiger partial charge in [0.05, 0.1) is 11.1 Å². The number of carbonyl (C=O) groups excluding carboxylic acids is 1. The van der Waals surface area contributed by atoms with Crippen LogP contribution >= 0.6 is 11.3 Å². The molecule has 0 N–H and O–H groups in total. The number of carbonyl (C=O) groups is 1. The fourth-order valence-electron chi connectivity index (χ4n) is 1.21. The quantitative estimate of drug-likeness (QED) is 0.684. The monoisotopic (exact) mass is 192 g/mol. The topological polar surface area (TPSA) is 30.2 Å². The molecule has 0 saturated heterocycles. The number of rotatable bonds is 2. The van der Waals surface area contributed by atoms with Gasteiger partial charge in [0.2, 0.25) is 0 Å². The Morgan fingerprint density at radius 3 is 2.92 bits per heavy atom. The molecule has 2 rings (SSSR count). The highest BCUT2D eigenvalue weighted by Crippen LogP contribution is 2.28. The van der Waals surface area contributed by atoms with Gasteiger partial charge in [-0.2, -0.15) is 0 Å². The second-order valence-electron chi connectivity index (χ2n) is 2.70. The summed E-state index contributed by atoms with van der Waals surface area (Å²) in [6.45, 7) is 1.57. The molecule has 0 spiro atoms. The maximum absolute atomic E-state index is 11.2. The van der Waals surface area contributed by atoms with Crippen molar-refractivity contribution in [3.63, 3.8) is 0 Å². The van der Waals surface area contributed by atoms with Crippen molar-refractivity contribution in [2.45, 2.75) is 6.92 Å². The van der Waals surface area contributed by atoms with Crippen molar-refractivity contribution < 1.29 is 9.21 Å². The third-order valence-electron chi connectivity index (χ3n) is 1.77. The Morgan fingerprint density at radius 2 is 2.31 bits per heavy atom. The molecule has 0 saturated carbocycles. The van der Waals surface area contributed by atoms with E-state index >= 15 is 0 Å². The first kappa shape index (κ1) is 8.26. The van der Waals surface area contributed by atoms with Crippen molar-refractivity contribution in [1.82, 2.24) is 0 Å². The SMILES string of the molecule is CC(=O)c1sccc1-c1ccco1. The zero-order valence-electron chi connectivity index (χ0n) is 7.11. The van der Waals surface area contributed by atoms with E-state index in [1.165, 1.54) is 11.3 Å². The molecule has 2 nitrogen and oxygen atoms in total. The molecule has 0 amide bonds. The molecule has 3 heteroatoms. The lowest BCUT2D eigenvalue weighted by molar-refractivity contribution is 0.102. The largest absolute Gasteiger partial charge is 0.464 e. The number of hydrogen-bond donors (Lipinski definition) is 0. The first-order valence-corrected chi connectivity index (χ1v) is 4.79. The van der Waals surface area contributed by atoms with Gasteiger partial charge in [0.25, 0.3) is 0 Å². The van der Waals surface area contributed by atoms with Gasteiger partial charge in [-0.1, -0.05) is 0 Å². The van der Waals surface area contributed by atoms with Gasteiger partial charge in [-0.25, -0.2) is 0 Å². The summed E-state index contributed by atoms with van der Waals surface area (Å²) in [5.74, 6) is 0.841. The standard InChI is InChI=1S/C10H8O2S/c1-7(11)10-8(4-6-13-10)9-3-2-5-12-9/h2-6H,1H3. The minimum atomic E-state index is 0.0846. The first-order chi connectivity index (χ1) is 6.29. The Bertz CT molecular complexity index is 412. The van der Waals surface area contributed by atoms with Gasteiger partial charge in [0.15, 0.2) is 5.78 Å². The fraction of sp³-hybridized carbons (Fsp3) is 0.100. The first-order valence-electron chi connectivity index (χ1n) is 3.91. The molecule has 66 valence electrons. The lowest BCUT2D eigenvalue weighted by Gasteiger charge is -1.94. The molecule has 2 heterocycles. The molecule has 2 aromatic heterocycles. The summed E-state index contributed by atoms with van der Waals surface area (Å²) in [6.07, 6.45) is 1.61. The molecule has 0 unspecified atom stereocenters. The lowest BCUT2D eigenvalue weighted by Crippen LogP contribution is -1.88. The lowest BCUT2D eigenvalue weighted by atomic mass is 10.2. The van der Waals surface area contributed by atoms with Crippen LogP contribution in [0.5, 0.6) is 0 Å². The second-order valence-corrected chi connectivity index (χ2v) is 3.61. The minimum absolute atomic E-state index is 0.0846. The van der Waals surface area contributed by atoms with Gasteiger partial charge < -0.3 is 4.42 Å². The zero-order valence-corrected chi connectivity index (χ0v) is 7.93. The average molecular weight is 192 g/mol. The molecular weight excluding hydrogens is 184 g/mol. The zero-order chi connectivity index (χ0) is 9.26. The van der Waals surface area contributed by atoms with Crippen LogP contribution < -0.4 is 0 Å². The summed E-state index contributed by atoms with van der Waals surface area (Å²) in [4.78, 5) is 12.0. The van der Waals surface area contributed by atoms with Gasteiger partial charge >= 0.3 is 0 Å². The summed E-state index contributed by atoms with van der Waals surface area (Å²) in [5.41, 5.74) is 0.891. The predicted molar refractivity (Wildman–Crippen MR) is 52.0 cm³/mol. The number of thiophene rings is 1. The Kier molecular flexibility index (Phi) is 2.02. The highest BCUT2D eigenvalue weighted by Gasteiger charge is 2.11. The van der Waals surface area contributed by atoms with Crippen molar-refractivity contribution in [3.8, 4) is 11.3 Å². The second kappa shape index (κ2) is 3.18. The van der Waals surface area contributed by atoms with Crippen molar-refractivity contribution in [3.05, 3.63) is 34.7 Å². The molecule has 0 bridgehead atoms. The third kappa shape index (κ3) is 1.42. The molecule has 0 aromatic carbocycles. The summed E-state index contributed by atoms with van der Waals surface area (Å²) < 4.78 is 5.22. The Morgan fingerprint density at radius 1 is 1.46 bits per heavy atom. The summed E-state index contributed by atoms with van der Waals surface area (Å²) in [7, 11) is 0. The van der Waals surface area contributed by atoms with Crippen molar-refractivity contribution in [1.29, 1.82) is 0 Å². The van der Waals surface area contributed by atoms with E-state index < -0.39 is 0 Å². The maximum atomic E-state index is 11.2. The molecule has 0 aliphatic heterocycles. The smallest absolute Gasteiger partial charge is 0.170 e. The molecular formula is C10H8O2S. The third-order valence-corrected chi connectivity index (χ3v) is 2.79. The van der Waals surface area contributed by atoms with Gasteiger partial charge in [-0.15, -0.1) is 11.3 Å². The van der Waals surface area contributed by atoms with Crippen molar-refractivity contribution in [2.24, 2.45) is 0 Å². The van der Waals surface area contributed by atoms with E-state index in [2.05, 4.69) is 0 Å². The van der Waals surface area contributed by atoms with Crippen LogP contribution in [0.25, 0.3) is 11.3 Å². The van der Waals surface area contributed by atoms with Crippen LogP contribution in [-0.2, 0) is 0 Å². The minimum Gasteiger partial charge on any atom is -0.464 e. The normalized spacial score (nSPS) is 10.2. The summed E-state index contributed by atoms with van der Waals surface area (Å²) in [6, 6.07) is 5.58. The molecule has 0 aliphatic rings. The molecule has 0 fully saturated rings. The number of furan rings is 1. The van der Waals surface area contributed by atoms with Crippen LogP contribution in [-0.4, -0.2) is 5.78 Å². The van der Waals surface area contributed by atoms with Crippen molar-refractivity contribution in [2.75, 3.05) is 0 Å². The van der Waals surface area contributed by atoms with E-state index in [1.54, 1.807) is 13.2 Å². The summed E-state index contributed by atoms with van der Waals surface area (Å²) >= 11 is 1.45. The molecule has 0 radical (unpaired) electrons. The highest BCUT2D eigenvalue weighted by atomic mass is 32.1. The van der Waals surface area contributed by atoms with Gasteiger partial charge in [0, 0.05) is 5.56 Å². The van der Waals surface area contributed by atoms with E-state index in [1.807, 2.05) is 23.6 Å². The average Bonchev–Trinajstić information content (AvgIpc) is 2.74. The van der Waals surface area contributed by atoms with E-state index in [0.29, 0.717) is 0 Å².